The zero-order valence-electron chi connectivity index (χ0n) is 18.3. The van der Waals surface area contributed by atoms with Crippen molar-refractivity contribution in [3.05, 3.63) is 23.3 Å². The lowest BCUT2D eigenvalue weighted by atomic mass is 9.85. The van der Waals surface area contributed by atoms with E-state index in [2.05, 4.69) is 31.3 Å². The van der Waals surface area contributed by atoms with Crippen molar-refractivity contribution in [2.24, 2.45) is 0 Å². The Morgan fingerprint density at radius 3 is 2.52 bits per heavy atom. The van der Waals surface area contributed by atoms with E-state index in [1.54, 1.807) is 6.92 Å². The van der Waals surface area contributed by atoms with Crippen LogP contribution in [0, 0.1) is 0 Å². The normalized spacial score (nSPS) is 19.7. The molecule has 1 N–H and O–H groups in total. The van der Waals surface area contributed by atoms with Crippen LogP contribution < -0.4 is 15.0 Å². The number of piperidine rings is 1. The molecule has 2 aliphatic rings. The fourth-order valence-corrected chi connectivity index (χ4v) is 4.66. The molecule has 1 fully saturated rings. The van der Waals surface area contributed by atoms with Crippen LogP contribution in [0.1, 0.15) is 70.4 Å². The number of urea groups is 1. The van der Waals surface area contributed by atoms with Gasteiger partial charge in [-0.15, -0.1) is 0 Å². The van der Waals surface area contributed by atoms with Gasteiger partial charge in [0, 0.05) is 38.2 Å². The molecule has 0 aromatic heterocycles. The Balaban J connectivity index is 1.88. The predicted molar refractivity (Wildman–Crippen MR) is 116 cm³/mol. The Bertz CT molecular complexity index is 741. The molecule has 0 saturated carbocycles. The molecule has 1 unspecified atom stereocenters. The summed E-state index contributed by atoms with van der Waals surface area (Å²) in [6, 6.07) is 4.51. The van der Waals surface area contributed by atoms with Gasteiger partial charge in [0.2, 0.25) is 5.91 Å². The number of nitrogens with one attached hydrogen (secondary N) is 1. The Kier molecular flexibility index (Phi) is 7.04. The largest absolute Gasteiger partial charge is 0.493 e. The Labute approximate surface area is 174 Å². The van der Waals surface area contributed by atoms with E-state index in [4.69, 9.17) is 4.74 Å². The summed E-state index contributed by atoms with van der Waals surface area (Å²) in [5.74, 6) is 1.45. The molecular formula is C23H35N3O3. The zero-order chi connectivity index (χ0) is 21.0. The molecule has 1 aromatic rings. The highest BCUT2D eigenvalue weighted by molar-refractivity contribution is 5.94. The first-order valence-corrected chi connectivity index (χ1v) is 11.1. The minimum atomic E-state index is 0.0323. The number of fused-ring (bicyclic) bond motifs is 1. The number of rotatable bonds is 5. The first kappa shape index (κ1) is 21.5. The lowest BCUT2D eigenvalue weighted by Crippen LogP contribution is -2.44. The number of carbonyl (C=O) groups is 2. The molecule has 3 amide bonds. The van der Waals surface area contributed by atoms with Gasteiger partial charge in [-0.05, 0) is 63.5 Å². The molecule has 1 aromatic carbocycles. The van der Waals surface area contributed by atoms with Crippen molar-refractivity contribution in [1.82, 2.24) is 10.2 Å². The standard InChI is InChI=1S/C23H35N3O3/c1-5-15-29-22-19(18-11-13-25(14-12-18)23(28)24-6-2)9-10-21-20(22)8-7-16(3)26(21)17(4)27/h9-10,16,18H,5-8,11-15H2,1-4H3,(H,24,28). The summed E-state index contributed by atoms with van der Waals surface area (Å²) in [5, 5.41) is 2.89. The van der Waals surface area contributed by atoms with E-state index in [-0.39, 0.29) is 18.0 Å². The average molecular weight is 402 g/mol. The van der Waals surface area contributed by atoms with Gasteiger partial charge in [-0.25, -0.2) is 4.79 Å². The van der Waals surface area contributed by atoms with Gasteiger partial charge in [0.25, 0.3) is 0 Å². The van der Waals surface area contributed by atoms with Gasteiger partial charge in [-0.1, -0.05) is 13.0 Å². The molecule has 3 rings (SSSR count). The fourth-order valence-electron chi connectivity index (χ4n) is 4.66. The van der Waals surface area contributed by atoms with Crippen LogP contribution in [-0.2, 0) is 11.2 Å². The van der Waals surface area contributed by atoms with E-state index in [1.165, 1.54) is 11.1 Å². The molecule has 1 atom stereocenters. The summed E-state index contributed by atoms with van der Waals surface area (Å²) in [6.45, 7) is 10.7. The summed E-state index contributed by atoms with van der Waals surface area (Å²) >= 11 is 0. The second-order valence-corrected chi connectivity index (χ2v) is 8.20. The molecule has 1 saturated heterocycles. The van der Waals surface area contributed by atoms with Crippen molar-refractivity contribution in [3.63, 3.8) is 0 Å². The third kappa shape index (κ3) is 4.51. The first-order valence-electron chi connectivity index (χ1n) is 11.1. The number of benzene rings is 1. The van der Waals surface area contributed by atoms with Crippen molar-refractivity contribution in [1.29, 1.82) is 0 Å². The van der Waals surface area contributed by atoms with Crippen LogP contribution in [0.3, 0.4) is 0 Å². The van der Waals surface area contributed by atoms with Gasteiger partial charge < -0.3 is 19.9 Å². The topological polar surface area (TPSA) is 61.9 Å². The average Bonchev–Trinajstić information content (AvgIpc) is 2.71. The van der Waals surface area contributed by atoms with E-state index in [0.29, 0.717) is 19.1 Å². The SMILES string of the molecule is CCCOc1c(C2CCN(C(=O)NCC)CC2)ccc2c1CCC(C)N2C(C)=O. The summed E-state index contributed by atoms with van der Waals surface area (Å²) in [6.07, 6.45) is 4.71. The van der Waals surface area contributed by atoms with Crippen LogP contribution in [-0.4, -0.2) is 49.1 Å². The molecule has 2 aliphatic heterocycles. The van der Waals surface area contributed by atoms with Crippen molar-refractivity contribution in [2.45, 2.75) is 71.8 Å². The van der Waals surface area contributed by atoms with Crippen LogP contribution in [0.25, 0.3) is 0 Å². The number of anilines is 1. The van der Waals surface area contributed by atoms with Crippen LogP contribution in [0.5, 0.6) is 5.75 Å². The van der Waals surface area contributed by atoms with E-state index in [1.807, 2.05) is 16.7 Å². The Morgan fingerprint density at radius 2 is 1.90 bits per heavy atom. The summed E-state index contributed by atoms with van der Waals surface area (Å²) in [4.78, 5) is 28.2. The van der Waals surface area contributed by atoms with Crippen molar-refractivity contribution < 1.29 is 14.3 Å². The maximum atomic E-state index is 12.3. The molecular weight excluding hydrogens is 366 g/mol. The summed E-state index contributed by atoms with van der Waals surface area (Å²) < 4.78 is 6.28. The zero-order valence-corrected chi connectivity index (χ0v) is 18.3. The minimum Gasteiger partial charge on any atom is -0.493 e. The molecule has 0 radical (unpaired) electrons. The lowest BCUT2D eigenvalue weighted by molar-refractivity contribution is -0.117. The van der Waals surface area contributed by atoms with Gasteiger partial charge in [-0.2, -0.15) is 0 Å². The van der Waals surface area contributed by atoms with Crippen LogP contribution in [0.15, 0.2) is 12.1 Å². The van der Waals surface area contributed by atoms with Crippen LogP contribution in [0.4, 0.5) is 10.5 Å². The van der Waals surface area contributed by atoms with Crippen molar-refractivity contribution in [2.75, 3.05) is 31.1 Å². The second kappa shape index (κ2) is 9.51. The lowest BCUT2D eigenvalue weighted by Gasteiger charge is -2.37. The highest BCUT2D eigenvalue weighted by atomic mass is 16.5. The number of nitrogens with zero attached hydrogens (tertiary/aromatic N) is 2. The summed E-state index contributed by atoms with van der Waals surface area (Å²) in [7, 11) is 0. The number of hydrogen-bond donors (Lipinski definition) is 1. The van der Waals surface area contributed by atoms with Gasteiger partial charge in [-0.3, -0.25) is 4.79 Å². The summed E-state index contributed by atoms with van der Waals surface area (Å²) in [5.41, 5.74) is 3.42. The number of hydrogen-bond acceptors (Lipinski definition) is 3. The Hall–Kier alpha value is -2.24. The van der Waals surface area contributed by atoms with Gasteiger partial charge in [0.1, 0.15) is 5.75 Å². The van der Waals surface area contributed by atoms with E-state index < -0.39 is 0 Å². The van der Waals surface area contributed by atoms with E-state index in [0.717, 1.165) is 56.6 Å². The second-order valence-electron chi connectivity index (χ2n) is 8.20. The smallest absolute Gasteiger partial charge is 0.317 e. The molecule has 0 aliphatic carbocycles. The third-order valence-electron chi connectivity index (χ3n) is 6.12. The van der Waals surface area contributed by atoms with Gasteiger partial charge >= 0.3 is 6.03 Å². The van der Waals surface area contributed by atoms with E-state index >= 15 is 0 Å². The van der Waals surface area contributed by atoms with E-state index in [9.17, 15) is 9.59 Å². The number of ether oxygens (including phenoxy) is 1. The third-order valence-corrected chi connectivity index (χ3v) is 6.12. The molecule has 0 spiro atoms. The maximum absolute atomic E-state index is 12.3. The Morgan fingerprint density at radius 1 is 1.17 bits per heavy atom. The van der Waals surface area contributed by atoms with Gasteiger partial charge in [0.05, 0.1) is 12.3 Å². The maximum Gasteiger partial charge on any atom is 0.317 e. The quantitative estimate of drug-likeness (QED) is 0.809. The highest BCUT2D eigenvalue weighted by Crippen LogP contribution is 2.43. The van der Waals surface area contributed by atoms with Crippen LogP contribution >= 0.6 is 0 Å². The molecule has 160 valence electrons. The molecule has 29 heavy (non-hydrogen) atoms. The monoisotopic (exact) mass is 401 g/mol. The molecule has 6 nitrogen and oxygen atoms in total. The minimum absolute atomic E-state index is 0.0323. The van der Waals surface area contributed by atoms with Crippen molar-refractivity contribution in [3.8, 4) is 5.75 Å². The van der Waals surface area contributed by atoms with Gasteiger partial charge in [0.15, 0.2) is 0 Å². The predicted octanol–water partition coefficient (Wildman–Crippen LogP) is 4.07. The molecule has 2 heterocycles. The fraction of sp³-hybridized carbons (Fsp3) is 0.652. The number of likely N-dealkylation sites (tertiary alicyclic amines) is 1. The number of carbonyl (C=O) groups excluding carboxylic acids is 2. The van der Waals surface area contributed by atoms with Crippen molar-refractivity contribution >= 4 is 17.6 Å². The molecule has 6 heteroatoms. The molecule has 0 bridgehead atoms. The number of amides is 3. The highest BCUT2D eigenvalue weighted by Gasteiger charge is 2.32. The first-order chi connectivity index (χ1) is 14.0. The van der Waals surface area contributed by atoms with Crippen LogP contribution in [0.2, 0.25) is 0 Å².